The summed E-state index contributed by atoms with van der Waals surface area (Å²) in [5.74, 6) is -0.605. The Morgan fingerprint density at radius 3 is 2.72 bits per heavy atom. The second-order valence-electron chi connectivity index (χ2n) is 7.97. The molecule has 170 valence electrons. The minimum Gasteiger partial charge on any atom is -0.383 e. The molecule has 1 saturated heterocycles. The van der Waals surface area contributed by atoms with Crippen LogP contribution in [0.1, 0.15) is 42.8 Å². The Morgan fingerprint density at radius 1 is 1.41 bits per heavy atom. The quantitative estimate of drug-likeness (QED) is 0.506. The Labute approximate surface area is 191 Å². The van der Waals surface area contributed by atoms with E-state index in [2.05, 4.69) is 33.1 Å². The smallest absolute Gasteiger partial charge is 0.264 e. The largest absolute Gasteiger partial charge is 0.383 e. The number of methoxy groups -OCH3 is 1. The molecule has 32 heavy (non-hydrogen) atoms. The number of nitriles is 1. The van der Waals surface area contributed by atoms with Crippen LogP contribution in [0, 0.1) is 31.1 Å². The Bertz CT molecular complexity index is 1030. The monoisotopic (exact) mass is 456 g/mol. The number of aromatic nitrogens is 3. The number of anilines is 1. The Balaban J connectivity index is 1.67. The molecule has 10 heteroatoms. The maximum atomic E-state index is 13.0. The molecule has 9 nitrogen and oxygen atoms in total. The van der Waals surface area contributed by atoms with Gasteiger partial charge in [-0.05, 0) is 51.3 Å². The Kier molecular flexibility index (Phi) is 7.77. The highest BCUT2D eigenvalue weighted by molar-refractivity contribution is 7.13. The third kappa shape index (κ3) is 5.23. The highest BCUT2D eigenvalue weighted by Gasteiger charge is 2.29. The standard InChI is InChI=1S/C22H28N6O3S/c1-14-9-18(16(3)28(14)15(2)12-31-4)10-19(11-23)21(30)27-7-5-17(6-8-27)20(29)25-22-26-24-13-32-22/h9-10,13,15,17H,5-8,12H2,1-4H3,(H,25,26,29)/b19-10-. The number of likely N-dealkylation sites (tertiary alicyclic amines) is 1. The van der Waals surface area contributed by atoms with Gasteiger partial charge in [0.2, 0.25) is 11.0 Å². The van der Waals surface area contributed by atoms with Crippen LogP contribution >= 0.6 is 11.3 Å². The molecule has 0 saturated carbocycles. The highest BCUT2D eigenvalue weighted by atomic mass is 32.1. The average Bonchev–Trinajstić information content (AvgIpc) is 3.39. The normalized spacial score (nSPS) is 16.0. The minimum absolute atomic E-state index is 0.0985. The van der Waals surface area contributed by atoms with Crippen LogP contribution in [0.5, 0.6) is 0 Å². The number of nitrogens with one attached hydrogen (secondary N) is 1. The highest BCUT2D eigenvalue weighted by Crippen LogP contribution is 2.25. The van der Waals surface area contributed by atoms with E-state index in [4.69, 9.17) is 4.74 Å². The number of piperidine rings is 1. The summed E-state index contributed by atoms with van der Waals surface area (Å²) in [7, 11) is 1.67. The Morgan fingerprint density at radius 2 is 2.12 bits per heavy atom. The van der Waals surface area contributed by atoms with Crippen molar-refractivity contribution in [2.45, 2.75) is 39.7 Å². The molecule has 1 aliphatic heterocycles. The van der Waals surface area contributed by atoms with Crippen LogP contribution in [-0.4, -0.2) is 58.3 Å². The minimum atomic E-state index is -0.301. The van der Waals surface area contributed by atoms with E-state index < -0.39 is 0 Å². The van der Waals surface area contributed by atoms with E-state index >= 15 is 0 Å². The summed E-state index contributed by atoms with van der Waals surface area (Å²) < 4.78 is 7.42. The molecule has 1 N–H and O–H groups in total. The van der Waals surface area contributed by atoms with Crippen molar-refractivity contribution in [2.24, 2.45) is 5.92 Å². The van der Waals surface area contributed by atoms with Gasteiger partial charge in [0.05, 0.1) is 12.6 Å². The van der Waals surface area contributed by atoms with Crippen LogP contribution < -0.4 is 5.32 Å². The summed E-state index contributed by atoms with van der Waals surface area (Å²) in [6.45, 7) is 7.48. The number of nitrogens with zero attached hydrogens (tertiary/aromatic N) is 5. The third-order valence-corrected chi connectivity index (χ3v) is 6.37. The molecule has 2 amide bonds. The second-order valence-corrected chi connectivity index (χ2v) is 8.80. The second kappa shape index (κ2) is 10.5. The predicted molar refractivity (Wildman–Crippen MR) is 122 cm³/mol. The third-order valence-electron chi connectivity index (χ3n) is 5.77. The maximum absolute atomic E-state index is 13.0. The molecule has 3 rings (SSSR count). The molecule has 1 unspecified atom stereocenters. The van der Waals surface area contributed by atoms with E-state index in [9.17, 15) is 14.9 Å². The number of amides is 2. The zero-order valence-corrected chi connectivity index (χ0v) is 19.6. The molecule has 2 aromatic rings. The van der Waals surface area contributed by atoms with Gasteiger partial charge in [0.15, 0.2) is 0 Å². The van der Waals surface area contributed by atoms with Gasteiger partial charge in [-0.1, -0.05) is 11.3 Å². The fraction of sp³-hybridized carbons (Fsp3) is 0.500. The Hall–Kier alpha value is -3.03. The van der Waals surface area contributed by atoms with Crippen molar-refractivity contribution in [3.63, 3.8) is 0 Å². The molecule has 2 aromatic heterocycles. The zero-order chi connectivity index (χ0) is 23.3. The number of hydrogen-bond acceptors (Lipinski definition) is 7. The molecular weight excluding hydrogens is 428 g/mol. The summed E-state index contributed by atoms with van der Waals surface area (Å²) in [5, 5.41) is 20.4. The van der Waals surface area contributed by atoms with Gasteiger partial charge in [-0.15, -0.1) is 10.2 Å². The van der Waals surface area contributed by atoms with Crippen molar-refractivity contribution >= 4 is 34.4 Å². The first-order valence-electron chi connectivity index (χ1n) is 10.5. The molecule has 1 atom stereocenters. The first-order valence-corrected chi connectivity index (χ1v) is 11.4. The van der Waals surface area contributed by atoms with E-state index in [1.54, 1.807) is 23.6 Å². The van der Waals surface area contributed by atoms with Crippen molar-refractivity contribution in [1.82, 2.24) is 19.7 Å². The van der Waals surface area contributed by atoms with Crippen LogP contribution in [0.2, 0.25) is 0 Å². The van der Waals surface area contributed by atoms with Crippen LogP contribution in [0.3, 0.4) is 0 Å². The van der Waals surface area contributed by atoms with Gasteiger partial charge in [-0.3, -0.25) is 9.59 Å². The summed E-state index contributed by atoms with van der Waals surface area (Å²) in [5.41, 5.74) is 4.54. The van der Waals surface area contributed by atoms with Crippen LogP contribution in [0.4, 0.5) is 5.13 Å². The molecule has 0 radical (unpaired) electrons. The van der Waals surface area contributed by atoms with Crippen molar-refractivity contribution in [1.29, 1.82) is 5.26 Å². The van der Waals surface area contributed by atoms with Gasteiger partial charge in [0, 0.05) is 37.5 Å². The number of carbonyl (C=O) groups excluding carboxylic acids is 2. The summed E-state index contributed by atoms with van der Waals surface area (Å²) >= 11 is 1.27. The average molecular weight is 457 g/mol. The van der Waals surface area contributed by atoms with E-state index in [0.29, 0.717) is 37.7 Å². The van der Waals surface area contributed by atoms with Crippen molar-refractivity contribution in [2.75, 3.05) is 32.1 Å². The van der Waals surface area contributed by atoms with E-state index in [0.717, 1.165) is 17.0 Å². The maximum Gasteiger partial charge on any atom is 0.264 e. The molecule has 0 spiro atoms. The molecule has 1 aliphatic rings. The summed E-state index contributed by atoms with van der Waals surface area (Å²) in [6, 6.07) is 4.19. The lowest BCUT2D eigenvalue weighted by molar-refractivity contribution is -0.130. The topological polar surface area (TPSA) is 113 Å². The lowest BCUT2D eigenvalue weighted by atomic mass is 9.95. The number of rotatable bonds is 7. The summed E-state index contributed by atoms with van der Waals surface area (Å²) in [4.78, 5) is 27.0. The van der Waals surface area contributed by atoms with Gasteiger partial charge in [-0.2, -0.15) is 5.26 Å². The number of carbonyl (C=O) groups is 2. The fourth-order valence-electron chi connectivity index (χ4n) is 4.19. The van der Waals surface area contributed by atoms with E-state index in [1.165, 1.54) is 11.3 Å². The number of aryl methyl sites for hydroxylation is 1. The van der Waals surface area contributed by atoms with Gasteiger partial charge < -0.3 is 19.5 Å². The number of hydrogen-bond donors (Lipinski definition) is 1. The lowest BCUT2D eigenvalue weighted by Crippen LogP contribution is -2.41. The van der Waals surface area contributed by atoms with Gasteiger partial charge >= 0.3 is 0 Å². The molecule has 1 fully saturated rings. The van der Waals surface area contributed by atoms with Gasteiger partial charge in [0.1, 0.15) is 17.2 Å². The van der Waals surface area contributed by atoms with Crippen molar-refractivity contribution in [3.8, 4) is 6.07 Å². The van der Waals surface area contributed by atoms with Crippen LogP contribution in [0.15, 0.2) is 17.2 Å². The fourth-order valence-corrected chi connectivity index (χ4v) is 4.64. The first-order chi connectivity index (χ1) is 15.3. The lowest BCUT2D eigenvalue weighted by Gasteiger charge is -2.31. The zero-order valence-electron chi connectivity index (χ0n) is 18.8. The van der Waals surface area contributed by atoms with E-state index in [1.807, 2.05) is 19.9 Å². The summed E-state index contributed by atoms with van der Waals surface area (Å²) in [6.07, 6.45) is 2.74. The van der Waals surface area contributed by atoms with Crippen molar-refractivity contribution < 1.29 is 14.3 Å². The van der Waals surface area contributed by atoms with Crippen LogP contribution in [0.25, 0.3) is 6.08 Å². The molecule has 0 aliphatic carbocycles. The first kappa shape index (κ1) is 23.6. The van der Waals surface area contributed by atoms with Crippen LogP contribution in [-0.2, 0) is 14.3 Å². The van der Waals surface area contributed by atoms with Gasteiger partial charge in [-0.25, -0.2) is 0 Å². The molecular formula is C22H28N6O3S. The van der Waals surface area contributed by atoms with E-state index in [-0.39, 0.29) is 29.3 Å². The molecule has 3 heterocycles. The molecule has 0 bridgehead atoms. The number of ether oxygens (including phenoxy) is 1. The van der Waals surface area contributed by atoms with Crippen molar-refractivity contribution in [3.05, 3.63) is 34.1 Å². The SMILES string of the molecule is COCC(C)n1c(C)cc(/C=C(/C#N)C(=O)N2CCC(C(=O)Nc3nncs3)CC2)c1C. The molecule has 0 aromatic carbocycles. The predicted octanol–water partition coefficient (Wildman–Crippen LogP) is 2.95. The van der Waals surface area contributed by atoms with Gasteiger partial charge in [0.25, 0.3) is 5.91 Å².